The van der Waals surface area contributed by atoms with Crippen LogP contribution in [0.5, 0.6) is 0 Å². The molecule has 0 heterocycles. The first kappa shape index (κ1) is 15.5. The SMILES string of the molecule is Cc1cc(F)cc(C(N)c2ccc(C(F)(F)F)cc2C)c1. The Bertz CT molecular complexity index is 642. The number of halogens is 4. The fraction of sp³-hybridized carbons (Fsp3) is 0.250. The summed E-state index contributed by atoms with van der Waals surface area (Å²) in [6.45, 7) is 3.30. The predicted octanol–water partition coefficient (Wildman–Crippen LogP) is 4.51. The van der Waals surface area contributed by atoms with E-state index >= 15 is 0 Å². The van der Waals surface area contributed by atoms with Crippen LogP contribution in [0.3, 0.4) is 0 Å². The molecule has 0 saturated heterocycles. The second-order valence-corrected chi connectivity index (χ2v) is 5.11. The summed E-state index contributed by atoms with van der Waals surface area (Å²) in [6.07, 6.45) is -4.39. The van der Waals surface area contributed by atoms with E-state index in [1.807, 2.05) is 0 Å². The molecular weight excluding hydrogens is 282 g/mol. The highest BCUT2D eigenvalue weighted by Gasteiger charge is 2.31. The van der Waals surface area contributed by atoms with Gasteiger partial charge in [-0.15, -0.1) is 0 Å². The molecule has 0 saturated carbocycles. The van der Waals surface area contributed by atoms with Crippen molar-refractivity contribution in [2.24, 2.45) is 5.73 Å². The summed E-state index contributed by atoms with van der Waals surface area (Å²) in [5.41, 5.74) is 7.58. The summed E-state index contributed by atoms with van der Waals surface area (Å²) in [7, 11) is 0. The van der Waals surface area contributed by atoms with Crippen LogP contribution in [0, 0.1) is 19.7 Å². The van der Waals surface area contributed by atoms with Gasteiger partial charge in [0.15, 0.2) is 0 Å². The van der Waals surface area contributed by atoms with Gasteiger partial charge in [0, 0.05) is 0 Å². The molecule has 5 heteroatoms. The lowest BCUT2D eigenvalue weighted by Gasteiger charge is -2.17. The molecule has 2 rings (SSSR count). The van der Waals surface area contributed by atoms with E-state index in [1.165, 1.54) is 18.2 Å². The first-order valence-electron chi connectivity index (χ1n) is 6.39. The summed E-state index contributed by atoms with van der Waals surface area (Å²) < 4.78 is 51.4. The highest BCUT2D eigenvalue weighted by atomic mass is 19.4. The Hall–Kier alpha value is -1.88. The Morgan fingerprint density at radius 3 is 2.19 bits per heavy atom. The summed E-state index contributed by atoms with van der Waals surface area (Å²) >= 11 is 0. The van der Waals surface area contributed by atoms with E-state index in [-0.39, 0.29) is 0 Å². The molecule has 0 aliphatic carbocycles. The van der Waals surface area contributed by atoms with Crippen molar-refractivity contribution in [3.05, 3.63) is 70.0 Å². The lowest BCUT2D eigenvalue weighted by molar-refractivity contribution is -0.137. The minimum absolute atomic E-state index is 0.412. The van der Waals surface area contributed by atoms with Gasteiger partial charge in [-0.25, -0.2) is 4.39 Å². The molecule has 21 heavy (non-hydrogen) atoms. The van der Waals surface area contributed by atoms with Gasteiger partial charge >= 0.3 is 6.18 Å². The highest BCUT2D eigenvalue weighted by Crippen LogP contribution is 2.32. The number of rotatable bonds is 2. The third kappa shape index (κ3) is 3.42. The van der Waals surface area contributed by atoms with Gasteiger partial charge in [0.05, 0.1) is 11.6 Å². The Labute approximate surface area is 120 Å². The zero-order valence-electron chi connectivity index (χ0n) is 11.6. The van der Waals surface area contributed by atoms with Crippen molar-refractivity contribution in [1.82, 2.24) is 0 Å². The molecule has 0 spiro atoms. The zero-order valence-corrected chi connectivity index (χ0v) is 11.6. The number of benzene rings is 2. The van der Waals surface area contributed by atoms with Gasteiger partial charge in [-0.05, 0) is 60.4 Å². The Morgan fingerprint density at radius 1 is 1.00 bits per heavy atom. The van der Waals surface area contributed by atoms with Gasteiger partial charge in [-0.1, -0.05) is 12.1 Å². The second-order valence-electron chi connectivity index (χ2n) is 5.11. The maximum Gasteiger partial charge on any atom is 0.416 e. The van der Waals surface area contributed by atoms with E-state index in [9.17, 15) is 17.6 Å². The minimum Gasteiger partial charge on any atom is -0.320 e. The van der Waals surface area contributed by atoms with Crippen LogP contribution in [0.25, 0.3) is 0 Å². The highest BCUT2D eigenvalue weighted by molar-refractivity contribution is 5.40. The lowest BCUT2D eigenvalue weighted by Crippen LogP contribution is -2.15. The number of alkyl halides is 3. The summed E-state index contributed by atoms with van der Waals surface area (Å²) in [5.74, 6) is -0.412. The van der Waals surface area contributed by atoms with Gasteiger partial charge in [-0.3, -0.25) is 0 Å². The van der Waals surface area contributed by atoms with Crippen molar-refractivity contribution in [1.29, 1.82) is 0 Å². The first-order valence-corrected chi connectivity index (χ1v) is 6.39. The van der Waals surface area contributed by atoms with Crippen molar-refractivity contribution in [2.45, 2.75) is 26.1 Å². The fourth-order valence-electron chi connectivity index (χ4n) is 2.32. The summed E-state index contributed by atoms with van der Waals surface area (Å²) in [4.78, 5) is 0. The first-order chi connectivity index (χ1) is 9.68. The zero-order chi connectivity index (χ0) is 15.8. The lowest BCUT2D eigenvalue weighted by atomic mass is 9.93. The smallest absolute Gasteiger partial charge is 0.320 e. The quantitative estimate of drug-likeness (QED) is 0.811. The number of hydrogen-bond acceptors (Lipinski definition) is 1. The third-order valence-electron chi connectivity index (χ3n) is 3.36. The van der Waals surface area contributed by atoms with E-state index in [4.69, 9.17) is 5.73 Å². The maximum atomic E-state index is 13.4. The van der Waals surface area contributed by atoms with Crippen LogP contribution >= 0.6 is 0 Å². The Kier molecular flexibility index (Phi) is 4.05. The van der Waals surface area contributed by atoms with E-state index < -0.39 is 23.6 Å². The van der Waals surface area contributed by atoms with Gasteiger partial charge in [0.25, 0.3) is 0 Å². The van der Waals surface area contributed by atoms with Crippen LogP contribution in [0.1, 0.15) is 33.9 Å². The molecule has 112 valence electrons. The van der Waals surface area contributed by atoms with Crippen molar-refractivity contribution < 1.29 is 17.6 Å². The van der Waals surface area contributed by atoms with Gasteiger partial charge in [0.2, 0.25) is 0 Å². The molecule has 0 bridgehead atoms. The Morgan fingerprint density at radius 2 is 1.67 bits per heavy atom. The molecule has 2 aromatic rings. The number of hydrogen-bond donors (Lipinski definition) is 1. The molecule has 2 N–H and O–H groups in total. The van der Waals surface area contributed by atoms with E-state index in [0.29, 0.717) is 22.3 Å². The van der Waals surface area contributed by atoms with Crippen molar-refractivity contribution in [2.75, 3.05) is 0 Å². The molecule has 0 fully saturated rings. The van der Waals surface area contributed by atoms with Crippen molar-refractivity contribution in [3.63, 3.8) is 0 Å². The van der Waals surface area contributed by atoms with Crippen LogP contribution in [-0.4, -0.2) is 0 Å². The van der Waals surface area contributed by atoms with E-state index in [1.54, 1.807) is 19.9 Å². The Balaban J connectivity index is 2.42. The standard InChI is InChI=1S/C16H15F4N/c1-9-5-11(8-13(17)6-9)15(21)14-4-3-12(7-10(14)2)16(18,19)20/h3-8,15H,21H2,1-2H3. The molecule has 0 aliphatic rings. The predicted molar refractivity (Wildman–Crippen MR) is 73.3 cm³/mol. The maximum absolute atomic E-state index is 13.4. The summed E-state index contributed by atoms with van der Waals surface area (Å²) in [6, 6.07) is 7.13. The average Bonchev–Trinajstić information content (AvgIpc) is 2.35. The largest absolute Gasteiger partial charge is 0.416 e. The molecule has 1 nitrogen and oxygen atoms in total. The van der Waals surface area contributed by atoms with E-state index in [0.717, 1.165) is 12.1 Å². The van der Waals surface area contributed by atoms with Crippen LogP contribution < -0.4 is 5.73 Å². The molecule has 0 aliphatic heterocycles. The topological polar surface area (TPSA) is 26.0 Å². The molecule has 0 radical (unpaired) electrons. The number of aryl methyl sites for hydroxylation is 2. The molecule has 0 amide bonds. The van der Waals surface area contributed by atoms with Crippen LogP contribution in [0.2, 0.25) is 0 Å². The fourth-order valence-corrected chi connectivity index (χ4v) is 2.32. The van der Waals surface area contributed by atoms with Crippen LogP contribution in [-0.2, 0) is 6.18 Å². The molecule has 1 atom stereocenters. The second kappa shape index (κ2) is 5.48. The average molecular weight is 297 g/mol. The van der Waals surface area contributed by atoms with E-state index in [2.05, 4.69) is 0 Å². The van der Waals surface area contributed by atoms with Gasteiger partial charge in [-0.2, -0.15) is 13.2 Å². The molecule has 2 aromatic carbocycles. The van der Waals surface area contributed by atoms with Crippen LogP contribution in [0.15, 0.2) is 36.4 Å². The van der Waals surface area contributed by atoms with Crippen LogP contribution in [0.4, 0.5) is 17.6 Å². The molecule has 0 aromatic heterocycles. The third-order valence-corrected chi connectivity index (χ3v) is 3.36. The molecule has 1 unspecified atom stereocenters. The summed E-state index contributed by atoms with van der Waals surface area (Å²) in [5, 5.41) is 0. The van der Waals surface area contributed by atoms with Crippen molar-refractivity contribution >= 4 is 0 Å². The monoisotopic (exact) mass is 297 g/mol. The van der Waals surface area contributed by atoms with Crippen molar-refractivity contribution in [3.8, 4) is 0 Å². The van der Waals surface area contributed by atoms with Gasteiger partial charge in [0.1, 0.15) is 5.82 Å². The van der Waals surface area contributed by atoms with Gasteiger partial charge < -0.3 is 5.73 Å². The molecular formula is C16H15F4N. The normalized spacial score (nSPS) is 13.3. The number of nitrogens with two attached hydrogens (primary N) is 1. The minimum atomic E-state index is -4.39.